The summed E-state index contributed by atoms with van der Waals surface area (Å²) in [5.74, 6) is -1.62. The first-order valence-electron chi connectivity index (χ1n) is 9.60. The number of aliphatic hydroxyl groups is 1. The van der Waals surface area contributed by atoms with E-state index < -0.39 is 17.7 Å². The van der Waals surface area contributed by atoms with Gasteiger partial charge in [-0.15, -0.1) is 0 Å². The van der Waals surface area contributed by atoms with Gasteiger partial charge in [0.1, 0.15) is 11.5 Å². The van der Waals surface area contributed by atoms with E-state index in [1.165, 1.54) is 17.0 Å². The number of hydrogen-bond donors (Lipinski definition) is 2. The van der Waals surface area contributed by atoms with Crippen LogP contribution in [0.1, 0.15) is 28.3 Å². The molecule has 0 unspecified atom stereocenters. The molecule has 3 aromatic carbocycles. The molecule has 0 radical (unpaired) electrons. The maximum absolute atomic E-state index is 13.0. The summed E-state index contributed by atoms with van der Waals surface area (Å²) in [6, 6.07) is 19.9. The Labute approximate surface area is 174 Å². The Hall–Kier alpha value is -3.86. The summed E-state index contributed by atoms with van der Waals surface area (Å²) in [5, 5.41) is 20.7. The molecule has 0 bridgehead atoms. The largest absolute Gasteiger partial charge is 0.508 e. The molecule has 0 saturated carbocycles. The van der Waals surface area contributed by atoms with Gasteiger partial charge in [0.15, 0.2) is 0 Å². The summed E-state index contributed by atoms with van der Waals surface area (Å²) in [7, 11) is 0. The van der Waals surface area contributed by atoms with Gasteiger partial charge in [-0.3, -0.25) is 14.5 Å². The average molecular weight is 399 g/mol. The van der Waals surface area contributed by atoms with Crippen LogP contribution in [0.2, 0.25) is 0 Å². The fourth-order valence-corrected chi connectivity index (χ4v) is 3.64. The molecule has 1 atom stereocenters. The van der Waals surface area contributed by atoms with Crippen LogP contribution < -0.4 is 4.90 Å². The predicted octanol–water partition coefficient (Wildman–Crippen LogP) is 4.64. The van der Waals surface area contributed by atoms with Gasteiger partial charge < -0.3 is 10.2 Å². The third-order valence-corrected chi connectivity index (χ3v) is 5.29. The molecule has 1 aliphatic heterocycles. The number of hydrogen-bond acceptors (Lipinski definition) is 4. The standard InChI is InChI=1S/C25H21NO4/c1-15-3-7-17(8-4-15)22-21(23(28)18-9-5-16(2)6-10-18)24(29)25(30)26(22)19-11-13-20(27)14-12-19/h3-14,22,27-28H,1-2H3/t22-/m0/s1. The van der Waals surface area contributed by atoms with E-state index in [0.29, 0.717) is 16.8 Å². The van der Waals surface area contributed by atoms with Gasteiger partial charge in [-0.2, -0.15) is 0 Å². The predicted molar refractivity (Wildman–Crippen MR) is 115 cm³/mol. The zero-order chi connectivity index (χ0) is 21.4. The molecule has 0 spiro atoms. The van der Waals surface area contributed by atoms with Gasteiger partial charge in [-0.25, -0.2) is 0 Å². The maximum Gasteiger partial charge on any atom is 0.300 e. The number of carbonyl (C=O) groups excluding carboxylic acids is 2. The van der Waals surface area contributed by atoms with Crippen LogP contribution >= 0.6 is 0 Å². The van der Waals surface area contributed by atoms with Crippen molar-refractivity contribution in [2.75, 3.05) is 4.90 Å². The van der Waals surface area contributed by atoms with E-state index in [4.69, 9.17) is 0 Å². The second kappa shape index (κ2) is 7.52. The highest BCUT2D eigenvalue weighted by molar-refractivity contribution is 6.51. The van der Waals surface area contributed by atoms with Crippen molar-refractivity contribution in [1.82, 2.24) is 0 Å². The highest BCUT2D eigenvalue weighted by Crippen LogP contribution is 2.42. The molecule has 5 nitrogen and oxygen atoms in total. The molecule has 0 aromatic heterocycles. The summed E-state index contributed by atoms with van der Waals surface area (Å²) in [4.78, 5) is 27.4. The van der Waals surface area contributed by atoms with Gasteiger partial charge in [0.2, 0.25) is 0 Å². The fraction of sp³-hybridized carbons (Fsp3) is 0.120. The Morgan fingerprint density at radius 3 is 1.90 bits per heavy atom. The number of phenols is 1. The Kier molecular flexibility index (Phi) is 4.88. The van der Waals surface area contributed by atoms with Crippen molar-refractivity contribution < 1.29 is 19.8 Å². The smallest absolute Gasteiger partial charge is 0.300 e. The minimum absolute atomic E-state index is 0.0424. The quantitative estimate of drug-likeness (QED) is 0.382. The van der Waals surface area contributed by atoms with Crippen LogP contribution in [0.25, 0.3) is 5.76 Å². The number of amides is 1. The van der Waals surface area contributed by atoms with Crippen LogP contribution in [-0.2, 0) is 9.59 Å². The molecular weight excluding hydrogens is 378 g/mol. The molecule has 4 rings (SSSR count). The summed E-state index contributed by atoms with van der Waals surface area (Å²) < 4.78 is 0. The monoisotopic (exact) mass is 399 g/mol. The van der Waals surface area contributed by atoms with Crippen molar-refractivity contribution in [3.05, 3.63) is 101 Å². The molecule has 0 aliphatic carbocycles. The minimum Gasteiger partial charge on any atom is -0.508 e. The van der Waals surface area contributed by atoms with Gasteiger partial charge in [0.25, 0.3) is 11.7 Å². The number of aromatic hydroxyl groups is 1. The topological polar surface area (TPSA) is 77.8 Å². The second-order valence-electron chi connectivity index (χ2n) is 7.46. The molecular formula is C25H21NO4. The van der Waals surface area contributed by atoms with Crippen molar-refractivity contribution in [3.8, 4) is 5.75 Å². The number of carbonyl (C=O) groups is 2. The first-order chi connectivity index (χ1) is 14.4. The Morgan fingerprint density at radius 2 is 1.33 bits per heavy atom. The van der Waals surface area contributed by atoms with E-state index in [2.05, 4.69) is 0 Å². The number of nitrogens with zero attached hydrogens (tertiary/aromatic N) is 1. The zero-order valence-corrected chi connectivity index (χ0v) is 16.7. The number of anilines is 1. The van der Waals surface area contributed by atoms with E-state index in [1.54, 1.807) is 24.3 Å². The first-order valence-corrected chi connectivity index (χ1v) is 9.60. The lowest BCUT2D eigenvalue weighted by Crippen LogP contribution is -2.29. The Bertz CT molecular complexity index is 1140. The summed E-state index contributed by atoms with van der Waals surface area (Å²) in [6.07, 6.45) is 0. The summed E-state index contributed by atoms with van der Waals surface area (Å²) in [6.45, 7) is 3.88. The molecule has 2 N–H and O–H groups in total. The van der Waals surface area contributed by atoms with E-state index in [0.717, 1.165) is 11.1 Å². The first kappa shape index (κ1) is 19.5. The minimum atomic E-state index is -0.781. The highest BCUT2D eigenvalue weighted by Gasteiger charge is 2.46. The van der Waals surface area contributed by atoms with E-state index in [1.807, 2.05) is 50.2 Å². The van der Waals surface area contributed by atoms with Gasteiger partial charge >= 0.3 is 0 Å². The van der Waals surface area contributed by atoms with Crippen molar-refractivity contribution in [1.29, 1.82) is 0 Å². The van der Waals surface area contributed by atoms with Gasteiger partial charge in [-0.1, -0.05) is 59.7 Å². The van der Waals surface area contributed by atoms with Crippen molar-refractivity contribution in [3.63, 3.8) is 0 Å². The second-order valence-corrected chi connectivity index (χ2v) is 7.46. The SMILES string of the molecule is Cc1ccc(C(O)=C2C(=O)C(=O)N(c3ccc(O)cc3)[C@H]2c2ccc(C)cc2)cc1. The normalized spacial score (nSPS) is 18.1. The van der Waals surface area contributed by atoms with E-state index in [-0.39, 0.29) is 17.1 Å². The fourth-order valence-electron chi connectivity index (χ4n) is 3.64. The molecule has 1 aliphatic rings. The number of rotatable bonds is 3. The van der Waals surface area contributed by atoms with Crippen LogP contribution in [0.15, 0.2) is 78.4 Å². The van der Waals surface area contributed by atoms with Crippen LogP contribution in [0.4, 0.5) is 5.69 Å². The lowest BCUT2D eigenvalue weighted by molar-refractivity contribution is -0.132. The van der Waals surface area contributed by atoms with Crippen LogP contribution in [0.5, 0.6) is 5.75 Å². The Balaban J connectivity index is 1.93. The molecule has 30 heavy (non-hydrogen) atoms. The lowest BCUT2D eigenvalue weighted by Gasteiger charge is -2.25. The third kappa shape index (κ3) is 3.35. The molecule has 3 aromatic rings. The molecule has 1 heterocycles. The number of benzene rings is 3. The van der Waals surface area contributed by atoms with E-state index >= 15 is 0 Å². The van der Waals surface area contributed by atoms with Crippen LogP contribution in [-0.4, -0.2) is 21.9 Å². The number of aryl methyl sites for hydroxylation is 2. The van der Waals surface area contributed by atoms with Crippen LogP contribution in [0.3, 0.4) is 0 Å². The third-order valence-electron chi connectivity index (χ3n) is 5.29. The molecule has 1 amide bonds. The highest BCUT2D eigenvalue weighted by atomic mass is 16.3. The maximum atomic E-state index is 13.0. The summed E-state index contributed by atoms with van der Waals surface area (Å²) >= 11 is 0. The molecule has 5 heteroatoms. The van der Waals surface area contributed by atoms with Gasteiger partial charge in [0, 0.05) is 11.3 Å². The van der Waals surface area contributed by atoms with E-state index in [9.17, 15) is 19.8 Å². The number of ketones is 1. The summed E-state index contributed by atoms with van der Waals surface area (Å²) in [5.41, 5.74) is 3.75. The Morgan fingerprint density at radius 1 is 0.800 bits per heavy atom. The average Bonchev–Trinajstić information content (AvgIpc) is 3.00. The lowest BCUT2D eigenvalue weighted by atomic mass is 9.94. The van der Waals surface area contributed by atoms with Crippen molar-refractivity contribution >= 4 is 23.1 Å². The number of Topliss-reactive ketones (excluding diaryl/α,β-unsaturated/α-hetero) is 1. The molecule has 1 saturated heterocycles. The van der Waals surface area contributed by atoms with Crippen molar-refractivity contribution in [2.24, 2.45) is 0 Å². The molecule has 1 fully saturated rings. The van der Waals surface area contributed by atoms with Crippen molar-refractivity contribution in [2.45, 2.75) is 19.9 Å². The zero-order valence-electron chi connectivity index (χ0n) is 16.7. The molecule has 150 valence electrons. The van der Waals surface area contributed by atoms with Gasteiger partial charge in [0.05, 0.1) is 11.6 Å². The van der Waals surface area contributed by atoms with Gasteiger partial charge in [-0.05, 0) is 43.7 Å². The number of aliphatic hydroxyl groups excluding tert-OH is 1. The number of phenolic OH excluding ortho intramolecular Hbond substituents is 1. The van der Waals surface area contributed by atoms with Crippen LogP contribution in [0, 0.1) is 13.8 Å².